The minimum Gasteiger partial charge on any atom is -0.465 e. The number of carbonyl (C=O) groups is 1. The van der Waals surface area contributed by atoms with Gasteiger partial charge in [-0.2, -0.15) is 0 Å². The number of carbonyl (C=O) groups excluding carboxylic acids is 1. The van der Waals surface area contributed by atoms with E-state index in [9.17, 15) is 9.00 Å². The lowest BCUT2D eigenvalue weighted by molar-refractivity contribution is -0.142. The summed E-state index contributed by atoms with van der Waals surface area (Å²) in [6, 6.07) is 0. The molecule has 0 aliphatic carbocycles. The van der Waals surface area contributed by atoms with Crippen molar-refractivity contribution in [3.8, 4) is 0 Å². The molecule has 72 valence electrons. The third kappa shape index (κ3) is 3.34. The van der Waals surface area contributed by atoms with Crippen molar-refractivity contribution in [1.82, 2.24) is 0 Å². The smallest absolute Gasteiger partial charge is 0.321 e. The summed E-state index contributed by atoms with van der Waals surface area (Å²) < 4.78 is 16.1. The van der Waals surface area contributed by atoms with Crippen LogP contribution in [0.2, 0.25) is 0 Å². The van der Waals surface area contributed by atoms with Gasteiger partial charge in [-0.15, -0.1) is 0 Å². The van der Waals surface area contributed by atoms with Crippen molar-refractivity contribution in [2.45, 2.75) is 32.4 Å². The van der Waals surface area contributed by atoms with Crippen LogP contribution in [-0.2, 0) is 20.3 Å². The topological polar surface area (TPSA) is 43.4 Å². The molecule has 2 atom stereocenters. The Morgan fingerprint density at radius 1 is 1.42 bits per heavy atom. The van der Waals surface area contributed by atoms with E-state index in [4.69, 9.17) is 4.74 Å². The second-order valence-electron chi connectivity index (χ2n) is 2.32. The van der Waals surface area contributed by atoms with Crippen LogP contribution in [0.5, 0.6) is 0 Å². The largest absolute Gasteiger partial charge is 0.465 e. The molecule has 0 radical (unpaired) electrons. The zero-order valence-electron chi connectivity index (χ0n) is 7.83. The van der Waals surface area contributed by atoms with Crippen molar-refractivity contribution in [3.05, 3.63) is 0 Å². The lowest BCUT2D eigenvalue weighted by Gasteiger charge is -2.11. The summed E-state index contributed by atoms with van der Waals surface area (Å²) in [6.07, 6.45) is 0.583. The van der Waals surface area contributed by atoms with Gasteiger partial charge in [0.15, 0.2) is 0 Å². The van der Waals surface area contributed by atoms with Gasteiger partial charge in [0.05, 0.1) is 6.61 Å². The maximum atomic E-state index is 11.3. The van der Waals surface area contributed by atoms with E-state index in [0.717, 1.165) is 0 Å². The second-order valence-corrected chi connectivity index (χ2v) is 4.23. The molecule has 0 saturated carbocycles. The Balaban J connectivity index is 4.14. The van der Waals surface area contributed by atoms with E-state index >= 15 is 0 Å². The molecule has 0 N–H and O–H groups in total. The number of esters is 1. The molecule has 0 aromatic carbocycles. The van der Waals surface area contributed by atoms with Gasteiger partial charge in [-0.1, -0.05) is 13.8 Å². The summed E-state index contributed by atoms with van der Waals surface area (Å²) in [6.45, 7) is 5.75. The van der Waals surface area contributed by atoms with Gasteiger partial charge in [0.25, 0.3) is 0 Å². The molecular weight excluding hydrogens is 176 g/mol. The number of ether oxygens (including phenoxy) is 1. The lowest BCUT2D eigenvalue weighted by Crippen LogP contribution is -2.28. The monoisotopic (exact) mass is 192 g/mol. The van der Waals surface area contributed by atoms with E-state index in [1.54, 1.807) is 13.8 Å². The molecule has 0 aromatic rings. The third-order valence-electron chi connectivity index (χ3n) is 1.52. The number of hydrogen-bond donors (Lipinski definition) is 0. The summed E-state index contributed by atoms with van der Waals surface area (Å²) in [5, 5.41) is -0.435. The van der Waals surface area contributed by atoms with Gasteiger partial charge in [0.2, 0.25) is 0 Å². The molecule has 4 heteroatoms. The van der Waals surface area contributed by atoms with Gasteiger partial charge in [0.1, 0.15) is 5.25 Å². The minimum absolute atomic E-state index is 0.333. The molecule has 0 saturated heterocycles. The van der Waals surface area contributed by atoms with Gasteiger partial charge in [-0.25, -0.2) is 0 Å². The fourth-order valence-electron chi connectivity index (χ4n) is 0.896. The van der Waals surface area contributed by atoms with Gasteiger partial charge in [-0.3, -0.25) is 9.00 Å². The Kier molecular flexibility index (Phi) is 5.98. The van der Waals surface area contributed by atoms with Crippen LogP contribution in [0.15, 0.2) is 0 Å². The Labute approximate surface area is 75.9 Å². The van der Waals surface area contributed by atoms with Crippen LogP contribution in [0.1, 0.15) is 27.2 Å². The Morgan fingerprint density at radius 3 is 2.33 bits per heavy atom. The summed E-state index contributed by atoms with van der Waals surface area (Å²) >= 11 is 0. The number of rotatable bonds is 5. The van der Waals surface area contributed by atoms with Crippen molar-refractivity contribution in [2.24, 2.45) is 0 Å². The average molecular weight is 192 g/mol. The fraction of sp³-hybridized carbons (Fsp3) is 0.875. The van der Waals surface area contributed by atoms with E-state index in [1.807, 2.05) is 6.92 Å². The highest BCUT2D eigenvalue weighted by Gasteiger charge is 2.22. The predicted molar refractivity (Wildman–Crippen MR) is 49.4 cm³/mol. The van der Waals surface area contributed by atoms with Gasteiger partial charge in [-0.05, 0) is 13.3 Å². The first-order valence-corrected chi connectivity index (χ1v) is 5.59. The normalized spacial score (nSPS) is 15.2. The van der Waals surface area contributed by atoms with Crippen LogP contribution < -0.4 is 0 Å². The average Bonchev–Trinajstić information content (AvgIpc) is 2.06. The van der Waals surface area contributed by atoms with Crippen LogP contribution in [0.4, 0.5) is 0 Å². The molecule has 0 aliphatic heterocycles. The molecule has 12 heavy (non-hydrogen) atoms. The number of hydrogen-bond acceptors (Lipinski definition) is 3. The quantitative estimate of drug-likeness (QED) is 0.613. The molecule has 2 unspecified atom stereocenters. The summed E-state index contributed by atoms with van der Waals surface area (Å²) in [5.41, 5.74) is 0. The maximum Gasteiger partial charge on any atom is 0.321 e. The molecule has 0 spiro atoms. The van der Waals surface area contributed by atoms with E-state index in [1.165, 1.54) is 0 Å². The van der Waals surface area contributed by atoms with Crippen LogP contribution >= 0.6 is 0 Å². The standard InChI is InChI=1S/C8H16O3S/c1-4-7(12(10)6-3)8(9)11-5-2/h7H,4-6H2,1-3H3. The highest BCUT2D eigenvalue weighted by atomic mass is 32.2. The summed E-state index contributed by atoms with van der Waals surface area (Å²) in [7, 11) is -1.07. The molecule has 0 heterocycles. The fourth-order valence-corrected chi connectivity index (χ4v) is 1.95. The van der Waals surface area contributed by atoms with Crippen LogP contribution in [0, 0.1) is 0 Å². The first-order valence-electron chi connectivity index (χ1n) is 4.21. The highest BCUT2D eigenvalue weighted by Crippen LogP contribution is 2.04. The maximum absolute atomic E-state index is 11.3. The molecule has 0 rings (SSSR count). The van der Waals surface area contributed by atoms with E-state index in [-0.39, 0.29) is 5.97 Å². The molecule has 0 aliphatic rings. The van der Waals surface area contributed by atoms with E-state index in [0.29, 0.717) is 18.8 Å². The van der Waals surface area contributed by atoms with Crippen LogP contribution in [0.25, 0.3) is 0 Å². The first-order chi connectivity index (χ1) is 5.67. The second kappa shape index (κ2) is 6.17. The zero-order valence-corrected chi connectivity index (χ0v) is 8.65. The molecule has 0 fully saturated rings. The summed E-state index contributed by atoms with van der Waals surface area (Å²) in [4.78, 5) is 11.2. The zero-order chi connectivity index (χ0) is 9.56. The molecule has 0 aromatic heterocycles. The summed E-state index contributed by atoms with van der Waals surface area (Å²) in [5.74, 6) is 0.178. The Morgan fingerprint density at radius 2 is 2.00 bits per heavy atom. The van der Waals surface area contributed by atoms with Crippen molar-refractivity contribution < 1.29 is 13.7 Å². The van der Waals surface area contributed by atoms with Crippen LogP contribution in [-0.4, -0.2) is 27.8 Å². The van der Waals surface area contributed by atoms with Crippen LogP contribution in [0.3, 0.4) is 0 Å². The Bertz CT molecular complexity index is 168. The van der Waals surface area contributed by atoms with Crippen molar-refractivity contribution in [1.29, 1.82) is 0 Å². The molecule has 3 nitrogen and oxygen atoms in total. The Hall–Kier alpha value is -0.380. The SMILES string of the molecule is CCOC(=O)C(CC)S(=O)CC. The highest BCUT2D eigenvalue weighted by molar-refractivity contribution is 7.86. The van der Waals surface area contributed by atoms with Gasteiger partial charge >= 0.3 is 5.97 Å². The van der Waals surface area contributed by atoms with E-state index < -0.39 is 16.0 Å². The lowest BCUT2D eigenvalue weighted by atomic mass is 10.3. The molecule has 0 bridgehead atoms. The minimum atomic E-state index is -1.07. The van der Waals surface area contributed by atoms with Crippen molar-refractivity contribution in [3.63, 3.8) is 0 Å². The van der Waals surface area contributed by atoms with Gasteiger partial charge < -0.3 is 4.74 Å². The molecular formula is C8H16O3S. The first kappa shape index (κ1) is 11.6. The third-order valence-corrected chi connectivity index (χ3v) is 3.25. The van der Waals surface area contributed by atoms with E-state index in [2.05, 4.69) is 0 Å². The van der Waals surface area contributed by atoms with Crippen molar-refractivity contribution in [2.75, 3.05) is 12.4 Å². The van der Waals surface area contributed by atoms with Gasteiger partial charge in [0, 0.05) is 16.6 Å². The van der Waals surface area contributed by atoms with Crippen molar-refractivity contribution >= 4 is 16.8 Å². The molecule has 0 amide bonds. The predicted octanol–water partition coefficient (Wildman–Crippen LogP) is 1.10.